The fourth-order valence-electron chi connectivity index (χ4n) is 2.64. The number of nitriles is 1. The van der Waals surface area contributed by atoms with Crippen molar-refractivity contribution in [3.8, 4) is 28.5 Å². The summed E-state index contributed by atoms with van der Waals surface area (Å²) in [6.45, 7) is 1.45. The van der Waals surface area contributed by atoms with Crippen LogP contribution in [0.25, 0.3) is 22.4 Å². The van der Waals surface area contributed by atoms with E-state index in [2.05, 4.69) is 32.3 Å². The minimum Gasteiger partial charge on any atom is -0.383 e. The maximum absolute atomic E-state index is 11.2. The summed E-state index contributed by atoms with van der Waals surface area (Å²) in [5, 5.41) is 12.2. The lowest BCUT2D eigenvalue weighted by Crippen LogP contribution is -2.05. The molecular weight excluding hydrogens is 392 g/mol. The Balaban J connectivity index is 2.11. The molecule has 5 nitrogen and oxygen atoms in total. The van der Waals surface area contributed by atoms with Crippen LogP contribution in [-0.2, 0) is 4.79 Å². The maximum atomic E-state index is 11.2. The average molecular weight is 407 g/mol. The van der Waals surface area contributed by atoms with Crippen molar-refractivity contribution in [2.45, 2.75) is 6.92 Å². The van der Waals surface area contributed by atoms with Gasteiger partial charge < -0.3 is 11.1 Å². The largest absolute Gasteiger partial charge is 0.383 e. The molecule has 0 spiro atoms. The first kappa shape index (κ1) is 17.6. The van der Waals surface area contributed by atoms with Crippen LogP contribution in [0.2, 0.25) is 0 Å². The van der Waals surface area contributed by atoms with Gasteiger partial charge in [0.15, 0.2) is 0 Å². The van der Waals surface area contributed by atoms with E-state index in [0.29, 0.717) is 22.5 Å². The van der Waals surface area contributed by atoms with Gasteiger partial charge in [0.1, 0.15) is 17.5 Å². The molecule has 1 aromatic heterocycles. The lowest BCUT2D eigenvalue weighted by molar-refractivity contribution is -0.114. The number of carbonyl (C=O) groups is 1. The third kappa shape index (κ3) is 3.73. The maximum Gasteiger partial charge on any atom is 0.221 e. The zero-order valence-corrected chi connectivity index (χ0v) is 15.5. The van der Waals surface area contributed by atoms with Crippen molar-refractivity contribution >= 4 is 33.3 Å². The molecule has 0 aliphatic rings. The zero-order chi connectivity index (χ0) is 18.7. The van der Waals surface area contributed by atoms with E-state index in [9.17, 15) is 10.1 Å². The summed E-state index contributed by atoms with van der Waals surface area (Å²) in [7, 11) is 0. The lowest BCUT2D eigenvalue weighted by atomic mass is 9.98. The normalized spacial score (nSPS) is 10.2. The molecule has 3 rings (SSSR count). The number of nitrogens with two attached hydrogens (primary N) is 1. The molecule has 0 atom stereocenters. The molecule has 1 heterocycles. The fourth-order valence-corrected chi connectivity index (χ4v) is 3.04. The smallest absolute Gasteiger partial charge is 0.221 e. The molecule has 0 unspecified atom stereocenters. The number of carbonyl (C=O) groups excluding carboxylic acids is 1. The summed E-state index contributed by atoms with van der Waals surface area (Å²) < 4.78 is 0.931. The number of benzene rings is 2. The van der Waals surface area contributed by atoms with Crippen LogP contribution in [-0.4, -0.2) is 10.9 Å². The predicted molar refractivity (Wildman–Crippen MR) is 106 cm³/mol. The van der Waals surface area contributed by atoms with Crippen LogP contribution in [0.4, 0.5) is 11.5 Å². The van der Waals surface area contributed by atoms with E-state index >= 15 is 0 Å². The summed E-state index contributed by atoms with van der Waals surface area (Å²) in [5.74, 6) is 0.0477. The van der Waals surface area contributed by atoms with Gasteiger partial charge in [0.25, 0.3) is 0 Å². The van der Waals surface area contributed by atoms with Crippen molar-refractivity contribution in [2.75, 3.05) is 11.1 Å². The lowest BCUT2D eigenvalue weighted by Gasteiger charge is -2.11. The van der Waals surface area contributed by atoms with Crippen molar-refractivity contribution in [1.29, 1.82) is 5.26 Å². The van der Waals surface area contributed by atoms with Crippen LogP contribution in [0.1, 0.15) is 12.5 Å². The zero-order valence-electron chi connectivity index (χ0n) is 14.0. The second-order valence-corrected chi connectivity index (χ2v) is 6.61. The fraction of sp³-hybridized carbons (Fsp3) is 0.0500. The van der Waals surface area contributed by atoms with Gasteiger partial charge in [-0.25, -0.2) is 4.98 Å². The highest BCUT2D eigenvalue weighted by atomic mass is 79.9. The summed E-state index contributed by atoms with van der Waals surface area (Å²) in [4.78, 5) is 15.5. The van der Waals surface area contributed by atoms with Crippen molar-refractivity contribution < 1.29 is 4.79 Å². The molecule has 0 aliphatic carbocycles. The van der Waals surface area contributed by atoms with E-state index < -0.39 is 0 Å². The third-order valence-corrected chi connectivity index (χ3v) is 4.29. The van der Waals surface area contributed by atoms with Gasteiger partial charge in [0.05, 0.1) is 5.69 Å². The minimum atomic E-state index is -0.138. The molecule has 3 aromatic rings. The highest BCUT2D eigenvalue weighted by Gasteiger charge is 2.13. The summed E-state index contributed by atoms with van der Waals surface area (Å²) >= 11 is 3.45. The molecule has 6 heteroatoms. The van der Waals surface area contributed by atoms with E-state index in [0.717, 1.165) is 15.6 Å². The van der Waals surface area contributed by atoms with E-state index in [1.165, 1.54) is 6.92 Å². The van der Waals surface area contributed by atoms with E-state index in [1.54, 1.807) is 12.1 Å². The SMILES string of the molecule is CC(=O)Nc1ccc(-c2cc(-c3cccc(Br)c3)nc(N)c2C#N)cc1. The standard InChI is InChI=1S/C20H15BrN4O/c1-12(26)24-16-7-5-13(6-8-16)17-10-19(25-20(23)18(17)11-22)14-3-2-4-15(21)9-14/h2-10H,1H3,(H2,23,25)(H,24,26). The molecule has 0 saturated carbocycles. The predicted octanol–water partition coefficient (Wildman–Crippen LogP) is 4.59. The topological polar surface area (TPSA) is 91.8 Å². The monoisotopic (exact) mass is 406 g/mol. The first-order valence-electron chi connectivity index (χ1n) is 7.82. The molecule has 0 radical (unpaired) electrons. The Labute approximate surface area is 159 Å². The average Bonchev–Trinajstić information content (AvgIpc) is 2.61. The van der Waals surface area contributed by atoms with Gasteiger partial charge in [-0.05, 0) is 35.9 Å². The third-order valence-electron chi connectivity index (χ3n) is 3.80. The molecule has 2 aromatic carbocycles. The van der Waals surface area contributed by atoms with Gasteiger partial charge in [-0.15, -0.1) is 0 Å². The van der Waals surface area contributed by atoms with Crippen LogP contribution in [0.3, 0.4) is 0 Å². The number of amides is 1. The Kier molecular flexibility index (Phi) is 5.01. The molecule has 0 bridgehead atoms. The molecular formula is C20H15BrN4O. The van der Waals surface area contributed by atoms with Gasteiger partial charge >= 0.3 is 0 Å². The van der Waals surface area contributed by atoms with Crippen LogP contribution in [0, 0.1) is 11.3 Å². The van der Waals surface area contributed by atoms with Crippen molar-refractivity contribution in [2.24, 2.45) is 0 Å². The Morgan fingerprint density at radius 2 is 1.88 bits per heavy atom. The number of nitrogen functional groups attached to an aromatic ring is 1. The molecule has 128 valence electrons. The van der Waals surface area contributed by atoms with Crippen LogP contribution in [0.5, 0.6) is 0 Å². The van der Waals surface area contributed by atoms with Crippen molar-refractivity contribution in [1.82, 2.24) is 4.98 Å². The number of aromatic nitrogens is 1. The van der Waals surface area contributed by atoms with Gasteiger partial charge in [-0.3, -0.25) is 4.79 Å². The highest BCUT2D eigenvalue weighted by molar-refractivity contribution is 9.10. The molecule has 26 heavy (non-hydrogen) atoms. The van der Waals surface area contributed by atoms with Gasteiger partial charge in [-0.1, -0.05) is 40.2 Å². The van der Waals surface area contributed by atoms with Crippen molar-refractivity contribution in [3.63, 3.8) is 0 Å². The molecule has 0 aliphatic heterocycles. The molecule has 1 amide bonds. The van der Waals surface area contributed by atoms with Crippen LogP contribution < -0.4 is 11.1 Å². The van der Waals surface area contributed by atoms with Gasteiger partial charge in [0.2, 0.25) is 5.91 Å². The van der Waals surface area contributed by atoms with Crippen LogP contribution in [0.15, 0.2) is 59.1 Å². The number of pyridine rings is 1. The molecule has 0 saturated heterocycles. The number of anilines is 2. The minimum absolute atomic E-state index is 0.138. The Bertz CT molecular complexity index is 1020. The van der Waals surface area contributed by atoms with E-state index in [4.69, 9.17) is 5.73 Å². The number of hydrogen-bond donors (Lipinski definition) is 2. The van der Waals surface area contributed by atoms with Crippen molar-refractivity contribution in [3.05, 3.63) is 64.6 Å². The van der Waals surface area contributed by atoms with Gasteiger partial charge in [0, 0.05) is 28.2 Å². The van der Waals surface area contributed by atoms with E-state index in [1.807, 2.05) is 42.5 Å². The number of rotatable bonds is 3. The number of nitrogens with one attached hydrogen (secondary N) is 1. The second-order valence-electron chi connectivity index (χ2n) is 5.70. The van der Waals surface area contributed by atoms with E-state index in [-0.39, 0.29) is 11.7 Å². The Morgan fingerprint density at radius 1 is 1.15 bits per heavy atom. The Hall–Kier alpha value is -3.17. The quantitative estimate of drug-likeness (QED) is 0.664. The summed E-state index contributed by atoms with van der Waals surface area (Å²) in [5.41, 5.74) is 10.2. The van der Waals surface area contributed by atoms with Crippen LogP contribution >= 0.6 is 15.9 Å². The summed E-state index contributed by atoms with van der Waals surface area (Å²) in [6.07, 6.45) is 0. The number of nitrogens with zero attached hydrogens (tertiary/aromatic N) is 2. The highest BCUT2D eigenvalue weighted by Crippen LogP contribution is 2.32. The summed E-state index contributed by atoms with van der Waals surface area (Å²) in [6, 6.07) is 18.9. The number of hydrogen-bond acceptors (Lipinski definition) is 4. The Morgan fingerprint density at radius 3 is 2.50 bits per heavy atom. The number of halogens is 1. The van der Waals surface area contributed by atoms with Gasteiger partial charge in [-0.2, -0.15) is 5.26 Å². The molecule has 3 N–H and O–H groups in total. The first-order valence-corrected chi connectivity index (χ1v) is 8.62. The molecule has 0 fully saturated rings. The first-order chi connectivity index (χ1) is 12.5. The second kappa shape index (κ2) is 7.38.